The molecule has 3 rings (SSSR count). The van der Waals surface area contributed by atoms with Gasteiger partial charge in [0.15, 0.2) is 17.6 Å². The lowest BCUT2D eigenvalue weighted by Gasteiger charge is -2.15. The molecule has 0 aliphatic rings. The van der Waals surface area contributed by atoms with Gasteiger partial charge >= 0.3 is 5.97 Å². The number of carbonyl (C=O) groups is 2. The number of aryl methyl sites for hydroxylation is 1. The van der Waals surface area contributed by atoms with Gasteiger partial charge in [-0.05, 0) is 50.6 Å². The Bertz CT molecular complexity index is 1130. The van der Waals surface area contributed by atoms with Crippen molar-refractivity contribution in [3.8, 4) is 28.4 Å². The standard InChI is InChI=1S/C25H27NO6S/c1-6-31-25(28)22-21(17-12-13-19(29-4)20(14-17)30-5)16(3)33-24(22)26-23(27)15(2)32-18-10-8-7-9-11-18/h7-15H,6H2,1-5H3,(H,26,27)/t15-/m1/s1. The number of hydrogen-bond acceptors (Lipinski definition) is 7. The maximum absolute atomic E-state index is 12.9. The summed E-state index contributed by atoms with van der Waals surface area (Å²) >= 11 is 1.31. The number of hydrogen-bond donors (Lipinski definition) is 1. The van der Waals surface area contributed by atoms with E-state index in [9.17, 15) is 9.59 Å². The van der Waals surface area contributed by atoms with E-state index >= 15 is 0 Å². The van der Waals surface area contributed by atoms with Crippen LogP contribution >= 0.6 is 11.3 Å². The molecule has 0 saturated carbocycles. The van der Waals surface area contributed by atoms with Crippen molar-refractivity contribution in [2.24, 2.45) is 0 Å². The van der Waals surface area contributed by atoms with Crippen LogP contribution < -0.4 is 19.5 Å². The van der Waals surface area contributed by atoms with Crippen LogP contribution in [0.4, 0.5) is 5.00 Å². The Morgan fingerprint density at radius 1 is 1.03 bits per heavy atom. The molecule has 3 aromatic rings. The first kappa shape index (κ1) is 24.1. The van der Waals surface area contributed by atoms with Crippen LogP contribution in [-0.4, -0.2) is 38.8 Å². The predicted octanol–water partition coefficient (Wildman–Crippen LogP) is 5.32. The van der Waals surface area contributed by atoms with Gasteiger partial charge in [0.2, 0.25) is 0 Å². The number of ether oxygens (including phenoxy) is 4. The topological polar surface area (TPSA) is 83.1 Å². The Labute approximate surface area is 197 Å². The van der Waals surface area contributed by atoms with E-state index < -0.39 is 12.1 Å². The van der Waals surface area contributed by atoms with E-state index in [0.29, 0.717) is 33.4 Å². The molecule has 2 aromatic carbocycles. The van der Waals surface area contributed by atoms with Crippen LogP contribution in [0.1, 0.15) is 29.1 Å². The van der Waals surface area contributed by atoms with Gasteiger partial charge in [-0.15, -0.1) is 11.3 Å². The molecule has 0 aliphatic heterocycles. The second-order valence-electron chi connectivity index (χ2n) is 7.09. The van der Waals surface area contributed by atoms with E-state index in [1.807, 2.05) is 31.2 Å². The van der Waals surface area contributed by atoms with Gasteiger partial charge in [-0.1, -0.05) is 24.3 Å². The quantitative estimate of drug-likeness (QED) is 0.427. The van der Waals surface area contributed by atoms with Gasteiger partial charge in [-0.3, -0.25) is 4.79 Å². The number of carbonyl (C=O) groups excluding carboxylic acids is 2. The number of amides is 1. The fourth-order valence-electron chi connectivity index (χ4n) is 3.34. The summed E-state index contributed by atoms with van der Waals surface area (Å²) in [5.74, 6) is 0.806. The minimum absolute atomic E-state index is 0.208. The smallest absolute Gasteiger partial charge is 0.341 e. The Morgan fingerprint density at radius 2 is 1.73 bits per heavy atom. The van der Waals surface area contributed by atoms with Crippen molar-refractivity contribution in [3.63, 3.8) is 0 Å². The zero-order chi connectivity index (χ0) is 24.0. The molecule has 174 valence electrons. The molecule has 0 bridgehead atoms. The molecule has 1 atom stereocenters. The minimum Gasteiger partial charge on any atom is -0.493 e. The largest absolute Gasteiger partial charge is 0.493 e. The average molecular weight is 470 g/mol. The second-order valence-corrected chi connectivity index (χ2v) is 8.31. The third-order valence-corrected chi connectivity index (χ3v) is 5.92. The molecule has 0 unspecified atom stereocenters. The predicted molar refractivity (Wildman–Crippen MR) is 129 cm³/mol. The number of nitrogens with one attached hydrogen (secondary N) is 1. The summed E-state index contributed by atoms with van der Waals surface area (Å²) in [6.45, 7) is 5.49. The van der Waals surface area contributed by atoms with E-state index in [4.69, 9.17) is 18.9 Å². The van der Waals surface area contributed by atoms with E-state index in [1.54, 1.807) is 52.3 Å². The first-order chi connectivity index (χ1) is 15.9. The average Bonchev–Trinajstić information content (AvgIpc) is 3.14. The number of para-hydroxylation sites is 1. The number of methoxy groups -OCH3 is 2. The highest BCUT2D eigenvalue weighted by Crippen LogP contribution is 2.43. The first-order valence-corrected chi connectivity index (χ1v) is 11.3. The zero-order valence-corrected chi connectivity index (χ0v) is 20.1. The summed E-state index contributed by atoms with van der Waals surface area (Å²) < 4.78 is 21.8. The molecule has 8 heteroatoms. The summed E-state index contributed by atoms with van der Waals surface area (Å²) in [6, 6.07) is 14.5. The van der Waals surface area contributed by atoms with Crippen molar-refractivity contribution < 1.29 is 28.5 Å². The van der Waals surface area contributed by atoms with Crippen LogP contribution in [0.15, 0.2) is 48.5 Å². The first-order valence-electron chi connectivity index (χ1n) is 10.4. The Morgan fingerprint density at radius 3 is 2.36 bits per heavy atom. The molecule has 1 amide bonds. The van der Waals surface area contributed by atoms with Crippen LogP contribution in [0.3, 0.4) is 0 Å². The molecule has 0 spiro atoms. The van der Waals surface area contributed by atoms with Crippen molar-refractivity contribution >= 4 is 28.2 Å². The molecule has 0 fully saturated rings. The van der Waals surface area contributed by atoms with Crippen molar-refractivity contribution in [3.05, 3.63) is 59.0 Å². The van der Waals surface area contributed by atoms with Gasteiger partial charge in [0, 0.05) is 10.4 Å². The van der Waals surface area contributed by atoms with Crippen LogP contribution in [-0.2, 0) is 9.53 Å². The third-order valence-electron chi connectivity index (χ3n) is 4.90. The van der Waals surface area contributed by atoms with Crippen molar-refractivity contribution in [2.45, 2.75) is 26.9 Å². The van der Waals surface area contributed by atoms with E-state index in [0.717, 1.165) is 10.4 Å². The molecule has 33 heavy (non-hydrogen) atoms. The molecular formula is C25H27NO6S. The van der Waals surface area contributed by atoms with E-state index in [-0.39, 0.29) is 12.5 Å². The van der Waals surface area contributed by atoms with Crippen LogP contribution in [0, 0.1) is 6.92 Å². The van der Waals surface area contributed by atoms with Gasteiger partial charge < -0.3 is 24.3 Å². The fraction of sp³-hybridized carbons (Fsp3) is 0.280. The Hall–Kier alpha value is -3.52. The normalized spacial score (nSPS) is 11.4. The van der Waals surface area contributed by atoms with Crippen LogP contribution in [0.2, 0.25) is 0 Å². The summed E-state index contributed by atoms with van der Waals surface area (Å²) in [6.07, 6.45) is -0.769. The molecule has 0 saturated heterocycles. The maximum Gasteiger partial charge on any atom is 0.341 e. The molecule has 0 aliphatic carbocycles. The van der Waals surface area contributed by atoms with Crippen LogP contribution in [0.25, 0.3) is 11.1 Å². The highest BCUT2D eigenvalue weighted by molar-refractivity contribution is 7.17. The summed E-state index contributed by atoms with van der Waals surface area (Å²) in [5.41, 5.74) is 1.72. The minimum atomic E-state index is -0.769. The van der Waals surface area contributed by atoms with Crippen molar-refractivity contribution in [1.29, 1.82) is 0 Å². The summed E-state index contributed by atoms with van der Waals surface area (Å²) in [7, 11) is 3.11. The van der Waals surface area contributed by atoms with Crippen molar-refractivity contribution in [2.75, 3.05) is 26.1 Å². The fourth-order valence-corrected chi connectivity index (χ4v) is 4.41. The van der Waals surface area contributed by atoms with Crippen molar-refractivity contribution in [1.82, 2.24) is 0 Å². The molecule has 1 N–H and O–H groups in total. The number of benzene rings is 2. The lowest BCUT2D eigenvalue weighted by atomic mass is 10.0. The number of anilines is 1. The summed E-state index contributed by atoms with van der Waals surface area (Å²) in [5, 5.41) is 3.26. The lowest BCUT2D eigenvalue weighted by Crippen LogP contribution is -2.30. The zero-order valence-electron chi connectivity index (χ0n) is 19.3. The highest BCUT2D eigenvalue weighted by Gasteiger charge is 2.27. The van der Waals surface area contributed by atoms with E-state index in [1.165, 1.54) is 11.3 Å². The molecule has 1 aromatic heterocycles. The van der Waals surface area contributed by atoms with Gasteiger partial charge in [0.1, 0.15) is 16.3 Å². The number of esters is 1. The SMILES string of the molecule is CCOC(=O)c1c(NC(=O)[C@@H](C)Oc2ccccc2)sc(C)c1-c1ccc(OC)c(OC)c1. The highest BCUT2D eigenvalue weighted by atomic mass is 32.1. The monoisotopic (exact) mass is 469 g/mol. The lowest BCUT2D eigenvalue weighted by molar-refractivity contribution is -0.122. The third kappa shape index (κ3) is 5.46. The van der Waals surface area contributed by atoms with E-state index in [2.05, 4.69) is 5.32 Å². The molecule has 1 heterocycles. The maximum atomic E-state index is 12.9. The molecule has 7 nitrogen and oxygen atoms in total. The van der Waals surface area contributed by atoms with Gasteiger partial charge in [-0.25, -0.2) is 4.79 Å². The Kier molecular flexibility index (Phi) is 7.95. The summed E-state index contributed by atoms with van der Waals surface area (Å²) in [4.78, 5) is 26.7. The Balaban J connectivity index is 1.97. The number of thiophene rings is 1. The van der Waals surface area contributed by atoms with Gasteiger partial charge in [-0.2, -0.15) is 0 Å². The second kappa shape index (κ2) is 10.9. The van der Waals surface area contributed by atoms with Gasteiger partial charge in [0.25, 0.3) is 5.91 Å². The van der Waals surface area contributed by atoms with Gasteiger partial charge in [0.05, 0.1) is 20.8 Å². The van der Waals surface area contributed by atoms with Crippen LogP contribution in [0.5, 0.6) is 17.2 Å². The molecule has 0 radical (unpaired) electrons. The number of rotatable bonds is 9. The molecular weight excluding hydrogens is 442 g/mol.